The van der Waals surface area contributed by atoms with Crippen molar-refractivity contribution in [2.75, 3.05) is 6.61 Å². The van der Waals surface area contributed by atoms with Gasteiger partial charge in [0.15, 0.2) is 0 Å². The molecule has 0 aromatic carbocycles. The third kappa shape index (κ3) is 22.7. The molecule has 0 heterocycles. The van der Waals surface area contributed by atoms with Crippen molar-refractivity contribution in [2.24, 2.45) is 0 Å². The third-order valence-electron chi connectivity index (χ3n) is 0.297. The molecule has 0 saturated heterocycles. The van der Waals surface area contributed by atoms with E-state index in [1.165, 1.54) is 6.92 Å². The molecule has 0 aromatic heterocycles. The molecule has 0 aliphatic carbocycles. The van der Waals surface area contributed by atoms with E-state index in [0.29, 0.717) is 0 Å². The Hall–Kier alpha value is 3.89. The molecule has 0 fully saturated rings. The van der Waals surface area contributed by atoms with Gasteiger partial charge in [0.1, 0.15) is 0 Å². The summed E-state index contributed by atoms with van der Waals surface area (Å²) in [5.74, 6) is 0. The van der Waals surface area contributed by atoms with Crippen molar-refractivity contribution >= 4 is 121 Å². The monoisotopic (exact) mass is 252 g/mol. The quantitative estimate of drug-likeness (QED) is 0.417. The zero-order valence-electron chi connectivity index (χ0n) is 3.87. The van der Waals surface area contributed by atoms with Crippen molar-refractivity contribution in [1.29, 1.82) is 0 Å². The molecule has 8 heteroatoms. The summed E-state index contributed by atoms with van der Waals surface area (Å²) in [4.78, 5) is 15.8. The van der Waals surface area contributed by atoms with E-state index in [-0.39, 0.29) is 120 Å². The molecule has 4 nitrogen and oxygen atoms in total. The molecule has 0 rings (SSSR count). The number of phosphoric ester groups is 1. The van der Waals surface area contributed by atoms with Gasteiger partial charge in [0.2, 0.25) is 0 Å². The molecular weight excluding hydrogens is 239 g/mol. The maximum absolute atomic E-state index is 9.70. The first-order valence-corrected chi connectivity index (χ1v) is 3.29. The van der Waals surface area contributed by atoms with Crippen molar-refractivity contribution in [3.63, 3.8) is 0 Å². The number of hydrogen-bond donors (Lipinski definition) is 2. The molecule has 0 spiro atoms. The molecule has 0 aliphatic heterocycles. The van der Waals surface area contributed by atoms with Crippen molar-refractivity contribution in [1.82, 2.24) is 0 Å². The first-order valence-electron chi connectivity index (χ1n) is 1.76. The number of phosphoric acid groups is 1. The predicted octanol–water partition coefficient (Wildman–Crippen LogP) is -2.63. The normalized spacial score (nSPS) is 8.30. The Bertz CT molecular complexity index is 92.5. The molecule has 0 saturated carbocycles. The summed E-state index contributed by atoms with van der Waals surface area (Å²) in [5, 5.41) is 0. The van der Waals surface area contributed by atoms with Gasteiger partial charge in [-0.3, -0.25) is 4.52 Å². The topological polar surface area (TPSA) is 66.8 Å². The van der Waals surface area contributed by atoms with E-state index in [1.54, 1.807) is 0 Å². The van der Waals surface area contributed by atoms with Crippen LogP contribution in [0.3, 0.4) is 0 Å². The molecule has 10 heavy (non-hydrogen) atoms. The second kappa shape index (κ2) is 12.9. The summed E-state index contributed by atoms with van der Waals surface area (Å²) in [6.07, 6.45) is 0. The fourth-order valence-corrected chi connectivity index (χ4v) is 0.505. The number of hydrogen-bond acceptors (Lipinski definition) is 2. The van der Waals surface area contributed by atoms with Gasteiger partial charge in [-0.05, 0) is 6.92 Å². The van der Waals surface area contributed by atoms with Crippen molar-refractivity contribution in [3.8, 4) is 0 Å². The zero-order chi connectivity index (χ0) is 5.91. The molecule has 2 N–H and O–H groups in total. The van der Waals surface area contributed by atoms with Gasteiger partial charge < -0.3 is 9.79 Å². The van der Waals surface area contributed by atoms with Crippen LogP contribution in [0.1, 0.15) is 6.92 Å². The molecule has 0 amide bonds. The standard InChI is InChI=1S/C2H7O4P.3Ca.6H/c1-2-6-7(3,4)5;;;;;;;;;/h2H2,1H3,(H2,3,4,5);;;;;;;;;. The van der Waals surface area contributed by atoms with Crippen LogP contribution in [0.2, 0.25) is 0 Å². The Kier molecular flexibility index (Phi) is 30.4. The van der Waals surface area contributed by atoms with E-state index < -0.39 is 7.82 Å². The molecule has 56 valence electrons. The first-order chi connectivity index (χ1) is 3.06. The van der Waals surface area contributed by atoms with Crippen molar-refractivity contribution in [3.05, 3.63) is 0 Å². The SMILES string of the molecule is CCOP(=O)(O)O.[CaH2].[CaH2].[CaH2]. The zero-order valence-corrected chi connectivity index (χ0v) is 4.76. The summed E-state index contributed by atoms with van der Waals surface area (Å²) < 4.78 is 13.6. The second-order valence-electron chi connectivity index (χ2n) is 0.908. The molecule has 0 aliphatic rings. The Labute approximate surface area is 150 Å². The van der Waals surface area contributed by atoms with Gasteiger partial charge in [0.05, 0.1) is 6.61 Å². The van der Waals surface area contributed by atoms with Crippen LogP contribution in [0.4, 0.5) is 0 Å². The summed E-state index contributed by atoms with van der Waals surface area (Å²) >= 11 is 0. The van der Waals surface area contributed by atoms with Gasteiger partial charge in [0, 0.05) is 0 Å². The van der Waals surface area contributed by atoms with Crippen LogP contribution in [-0.2, 0) is 9.09 Å². The molecule has 0 unspecified atom stereocenters. The van der Waals surface area contributed by atoms with Crippen LogP contribution in [-0.4, -0.2) is 130 Å². The van der Waals surface area contributed by atoms with Crippen LogP contribution in [0.15, 0.2) is 0 Å². The van der Waals surface area contributed by atoms with Gasteiger partial charge in [-0.25, -0.2) is 4.57 Å². The summed E-state index contributed by atoms with van der Waals surface area (Å²) in [6.45, 7) is 1.56. The Morgan fingerprint density at radius 3 is 1.60 bits per heavy atom. The minimum atomic E-state index is -4.17. The fourth-order valence-electron chi connectivity index (χ4n) is 0.168. The van der Waals surface area contributed by atoms with E-state index in [2.05, 4.69) is 4.52 Å². The first kappa shape index (κ1) is 23.6. The van der Waals surface area contributed by atoms with Crippen LogP contribution in [0.25, 0.3) is 0 Å². The van der Waals surface area contributed by atoms with Gasteiger partial charge in [0.25, 0.3) is 0 Å². The number of rotatable bonds is 2. The van der Waals surface area contributed by atoms with Crippen LogP contribution in [0, 0.1) is 0 Å². The Morgan fingerprint density at radius 1 is 1.30 bits per heavy atom. The van der Waals surface area contributed by atoms with Crippen LogP contribution >= 0.6 is 7.82 Å². The van der Waals surface area contributed by atoms with E-state index in [0.717, 1.165) is 0 Å². The Balaban J connectivity index is -0.0000000600. The summed E-state index contributed by atoms with van der Waals surface area (Å²) in [7, 11) is -4.17. The average Bonchev–Trinajstić information content (AvgIpc) is 1.30. The van der Waals surface area contributed by atoms with E-state index in [4.69, 9.17) is 9.79 Å². The maximum atomic E-state index is 9.70. The van der Waals surface area contributed by atoms with E-state index in [9.17, 15) is 4.57 Å². The van der Waals surface area contributed by atoms with Crippen molar-refractivity contribution in [2.45, 2.75) is 6.92 Å². The molecule has 0 aromatic rings. The Morgan fingerprint density at radius 2 is 1.60 bits per heavy atom. The van der Waals surface area contributed by atoms with Gasteiger partial charge in [-0.2, -0.15) is 0 Å². The second-order valence-corrected chi connectivity index (χ2v) is 2.15. The van der Waals surface area contributed by atoms with Gasteiger partial charge in [-0.1, -0.05) is 0 Å². The summed E-state index contributed by atoms with van der Waals surface area (Å²) in [6, 6.07) is 0. The van der Waals surface area contributed by atoms with Gasteiger partial charge in [-0.15, -0.1) is 0 Å². The predicted molar refractivity (Wildman–Crippen MR) is 49.3 cm³/mol. The molecule has 0 atom stereocenters. The fraction of sp³-hybridized carbons (Fsp3) is 1.00. The average molecular weight is 252 g/mol. The van der Waals surface area contributed by atoms with Crippen LogP contribution < -0.4 is 0 Å². The van der Waals surface area contributed by atoms with Gasteiger partial charge >= 0.3 is 121 Å². The molecular formula is C2H13Ca3O4P. The minimum absolute atomic E-state index is 0. The molecule has 0 bridgehead atoms. The third-order valence-corrected chi connectivity index (χ3v) is 0.892. The molecule has 0 radical (unpaired) electrons. The van der Waals surface area contributed by atoms with Crippen LogP contribution in [0.5, 0.6) is 0 Å². The summed E-state index contributed by atoms with van der Waals surface area (Å²) in [5.41, 5.74) is 0. The van der Waals surface area contributed by atoms with E-state index >= 15 is 0 Å². The van der Waals surface area contributed by atoms with Crippen molar-refractivity contribution < 1.29 is 18.9 Å². The van der Waals surface area contributed by atoms with E-state index in [1.807, 2.05) is 0 Å².